The molecule has 6 heteroatoms. The van der Waals surface area contributed by atoms with Crippen molar-refractivity contribution in [3.63, 3.8) is 0 Å². The van der Waals surface area contributed by atoms with Gasteiger partial charge < -0.3 is 4.90 Å². The molecule has 24 heavy (non-hydrogen) atoms. The number of nitrogens with zero attached hydrogens (tertiary/aromatic N) is 2. The van der Waals surface area contributed by atoms with Gasteiger partial charge >= 0.3 is 0 Å². The molecule has 1 amide bonds. The number of benzene rings is 2. The summed E-state index contributed by atoms with van der Waals surface area (Å²) in [4.78, 5) is 16.5. The Balaban J connectivity index is 1.62. The second-order valence-corrected chi connectivity index (χ2v) is 7.01. The van der Waals surface area contributed by atoms with E-state index < -0.39 is 0 Å². The minimum atomic E-state index is -0.283. The third-order valence-corrected chi connectivity index (χ3v) is 5.25. The molecule has 1 heterocycles. The maximum atomic E-state index is 13.9. The van der Waals surface area contributed by atoms with Crippen molar-refractivity contribution in [2.45, 2.75) is 6.54 Å². The van der Waals surface area contributed by atoms with Crippen LogP contribution in [0.4, 0.5) is 4.39 Å². The van der Waals surface area contributed by atoms with Crippen molar-refractivity contribution in [2.24, 2.45) is 0 Å². The molecule has 2 aromatic rings. The summed E-state index contributed by atoms with van der Waals surface area (Å²) in [7, 11) is 0. The highest BCUT2D eigenvalue weighted by atomic mass is 79.9. The fourth-order valence-corrected chi connectivity index (χ4v) is 3.50. The van der Waals surface area contributed by atoms with E-state index in [9.17, 15) is 9.18 Å². The normalized spacial score (nSPS) is 15.5. The molecule has 1 aliphatic heterocycles. The Morgan fingerprint density at radius 1 is 1.08 bits per heavy atom. The lowest BCUT2D eigenvalue weighted by molar-refractivity contribution is 0.0626. The minimum Gasteiger partial charge on any atom is -0.336 e. The number of carbonyl (C=O) groups excluding carboxylic acids is 1. The first-order valence-electron chi connectivity index (χ1n) is 7.75. The SMILES string of the molecule is O=C(c1ccccc1Br)N1CCN(Cc2c(F)cccc2Cl)CC1. The van der Waals surface area contributed by atoms with Crippen LogP contribution in [0.15, 0.2) is 46.9 Å². The van der Waals surface area contributed by atoms with Crippen LogP contribution in [-0.4, -0.2) is 41.9 Å². The monoisotopic (exact) mass is 410 g/mol. The van der Waals surface area contributed by atoms with Crippen molar-refractivity contribution in [3.05, 3.63) is 68.9 Å². The third kappa shape index (κ3) is 3.79. The van der Waals surface area contributed by atoms with Gasteiger partial charge in [-0.1, -0.05) is 29.8 Å². The highest BCUT2D eigenvalue weighted by molar-refractivity contribution is 9.10. The second kappa shape index (κ2) is 7.64. The summed E-state index contributed by atoms with van der Waals surface area (Å²) < 4.78 is 14.7. The zero-order valence-electron chi connectivity index (χ0n) is 13.0. The molecule has 0 aromatic heterocycles. The summed E-state index contributed by atoms with van der Waals surface area (Å²) in [5.74, 6) is -0.264. The largest absolute Gasteiger partial charge is 0.336 e. The fourth-order valence-electron chi connectivity index (χ4n) is 2.82. The van der Waals surface area contributed by atoms with E-state index in [0.29, 0.717) is 48.9 Å². The summed E-state index contributed by atoms with van der Waals surface area (Å²) in [6.07, 6.45) is 0. The molecule has 3 nitrogen and oxygen atoms in total. The van der Waals surface area contributed by atoms with Crippen molar-refractivity contribution in [3.8, 4) is 0 Å². The molecular formula is C18H17BrClFN2O. The van der Waals surface area contributed by atoms with Crippen molar-refractivity contribution in [1.29, 1.82) is 0 Å². The second-order valence-electron chi connectivity index (χ2n) is 5.75. The summed E-state index contributed by atoms with van der Waals surface area (Å²) in [5.41, 5.74) is 1.19. The topological polar surface area (TPSA) is 23.6 Å². The average Bonchev–Trinajstić information content (AvgIpc) is 2.59. The molecule has 2 aromatic carbocycles. The summed E-state index contributed by atoms with van der Waals surface area (Å²) in [6, 6.07) is 12.2. The van der Waals surface area contributed by atoms with Crippen LogP contribution >= 0.6 is 27.5 Å². The Labute approximate surface area is 154 Å². The Morgan fingerprint density at radius 3 is 2.46 bits per heavy atom. The van der Waals surface area contributed by atoms with Crippen molar-refractivity contribution in [2.75, 3.05) is 26.2 Å². The molecule has 0 N–H and O–H groups in total. The van der Waals surface area contributed by atoms with Gasteiger partial charge in [-0.25, -0.2) is 4.39 Å². The van der Waals surface area contributed by atoms with Crippen LogP contribution < -0.4 is 0 Å². The molecule has 0 saturated carbocycles. The molecule has 0 aliphatic carbocycles. The van der Waals surface area contributed by atoms with Crippen LogP contribution in [0.2, 0.25) is 5.02 Å². The Morgan fingerprint density at radius 2 is 1.79 bits per heavy atom. The maximum absolute atomic E-state index is 13.9. The minimum absolute atomic E-state index is 0.0195. The number of hydrogen-bond donors (Lipinski definition) is 0. The van der Waals surface area contributed by atoms with Gasteiger partial charge in [0.05, 0.1) is 5.56 Å². The number of halogens is 3. The van der Waals surface area contributed by atoms with E-state index in [2.05, 4.69) is 20.8 Å². The lowest BCUT2D eigenvalue weighted by atomic mass is 10.1. The molecule has 0 spiro atoms. The Kier molecular flexibility index (Phi) is 5.54. The Hall–Kier alpha value is -1.43. The third-order valence-electron chi connectivity index (χ3n) is 4.21. The van der Waals surface area contributed by atoms with Gasteiger partial charge in [0.25, 0.3) is 5.91 Å². The van der Waals surface area contributed by atoms with Gasteiger partial charge in [-0.15, -0.1) is 0 Å². The highest BCUT2D eigenvalue weighted by Gasteiger charge is 2.24. The number of hydrogen-bond acceptors (Lipinski definition) is 2. The molecule has 3 rings (SSSR count). The molecule has 126 valence electrons. The smallest absolute Gasteiger partial charge is 0.255 e. The van der Waals surface area contributed by atoms with Gasteiger partial charge in [0, 0.05) is 47.8 Å². The summed E-state index contributed by atoms with van der Waals surface area (Å²) in [5, 5.41) is 0.446. The average molecular weight is 412 g/mol. The molecule has 1 fully saturated rings. The van der Waals surface area contributed by atoms with Gasteiger partial charge in [-0.3, -0.25) is 9.69 Å². The zero-order chi connectivity index (χ0) is 17.1. The van der Waals surface area contributed by atoms with Crippen LogP contribution in [0, 0.1) is 5.82 Å². The molecule has 0 radical (unpaired) electrons. The number of piperazine rings is 1. The van der Waals surface area contributed by atoms with Gasteiger partial charge in [0.2, 0.25) is 0 Å². The highest BCUT2D eigenvalue weighted by Crippen LogP contribution is 2.22. The first-order valence-corrected chi connectivity index (χ1v) is 8.92. The van der Waals surface area contributed by atoms with E-state index in [4.69, 9.17) is 11.6 Å². The summed E-state index contributed by atoms with van der Waals surface area (Å²) in [6.45, 7) is 3.09. The van der Waals surface area contributed by atoms with Gasteiger partial charge in [-0.2, -0.15) is 0 Å². The van der Waals surface area contributed by atoms with Crippen LogP contribution in [-0.2, 0) is 6.54 Å². The van der Waals surface area contributed by atoms with Crippen molar-refractivity contribution >= 4 is 33.4 Å². The molecular weight excluding hydrogens is 395 g/mol. The van der Waals surface area contributed by atoms with E-state index in [1.54, 1.807) is 12.1 Å². The fraction of sp³-hybridized carbons (Fsp3) is 0.278. The lowest BCUT2D eigenvalue weighted by Crippen LogP contribution is -2.48. The molecule has 0 atom stereocenters. The van der Waals surface area contributed by atoms with Crippen molar-refractivity contribution in [1.82, 2.24) is 9.80 Å². The van der Waals surface area contributed by atoms with E-state index >= 15 is 0 Å². The predicted octanol–water partition coefficient (Wildman–Crippen LogP) is 4.20. The summed E-state index contributed by atoms with van der Waals surface area (Å²) >= 11 is 9.51. The van der Waals surface area contributed by atoms with E-state index in [1.807, 2.05) is 29.2 Å². The molecule has 1 saturated heterocycles. The number of carbonyl (C=O) groups is 1. The number of amides is 1. The van der Waals surface area contributed by atoms with Crippen LogP contribution in [0.1, 0.15) is 15.9 Å². The van der Waals surface area contributed by atoms with Gasteiger partial charge in [-0.05, 0) is 40.2 Å². The van der Waals surface area contributed by atoms with E-state index in [-0.39, 0.29) is 11.7 Å². The maximum Gasteiger partial charge on any atom is 0.255 e. The van der Waals surface area contributed by atoms with Crippen LogP contribution in [0.3, 0.4) is 0 Å². The van der Waals surface area contributed by atoms with E-state index in [1.165, 1.54) is 6.07 Å². The standard InChI is InChI=1S/C18H17BrClFN2O/c19-15-5-2-1-4-13(15)18(24)23-10-8-22(9-11-23)12-14-16(20)6-3-7-17(14)21/h1-7H,8-12H2. The molecule has 0 unspecified atom stereocenters. The molecule has 1 aliphatic rings. The van der Waals surface area contributed by atoms with Gasteiger partial charge in [0.1, 0.15) is 5.82 Å². The Bertz CT molecular complexity index is 727. The first-order chi connectivity index (χ1) is 11.6. The quantitative estimate of drug-likeness (QED) is 0.756. The zero-order valence-corrected chi connectivity index (χ0v) is 15.4. The van der Waals surface area contributed by atoms with Crippen molar-refractivity contribution < 1.29 is 9.18 Å². The lowest BCUT2D eigenvalue weighted by Gasteiger charge is -2.35. The van der Waals surface area contributed by atoms with Crippen LogP contribution in [0.5, 0.6) is 0 Å². The first kappa shape index (κ1) is 17.4. The van der Waals surface area contributed by atoms with Crippen LogP contribution in [0.25, 0.3) is 0 Å². The molecule has 0 bridgehead atoms. The van der Waals surface area contributed by atoms with E-state index in [0.717, 1.165) is 4.47 Å². The number of rotatable bonds is 3. The van der Waals surface area contributed by atoms with Gasteiger partial charge in [0.15, 0.2) is 0 Å². The predicted molar refractivity (Wildman–Crippen MR) is 96.7 cm³/mol.